The van der Waals surface area contributed by atoms with Crippen LogP contribution >= 0.6 is 0 Å². The Hall–Kier alpha value is -0.660. The first-order chi connectivity index (χ1) is 8.79. The molecule has 0 radical (unpaired) electrons. The van der Waals surface area contributed by atoms with Gasteiger partial charge in [0, 0.05) is 45.7 Å². The van der Waals surface area contributed by atoms with Crippen molar-refractivity contribution in [3.05, 3.63) is 0 Å². The van der Waals surface area contributed by atoms with Gasteiger partial charge < -0.3 is 5.32 Å². The molecule has 6 nitrogen and oxygen atoms in total. The van der Waals surface area contributed by atoms with E-state index < -0.39 is 10.0 Å². The molecule has 0 aromatic heterocycles. The predicted molar refractivity (Wildman–Crippen MR) is 75.3 cm³/mol. The zero-order valence-corrected chi connectivity index (χ0v) is 12.9. The van der Waals surface area contributed by atoms with E-state index in [2.05, 4.69) is 10.2 Å². The van der Waals surface area contributed by atoms with Crippen molar-refractivity contribution in [1.82, 2.24) is 14.5 Å². The second-order valence-electron chi connectivity index (χ2n) is 5.45. The molecule has 1 aliphatic heterocycles. The minimum Gasteiger partial charge on any atom is -0.355 e. The van der Waals surface area contributed by atoms with Gasteiger partial charge in [0.1, 0.15) is 0 Å². The van der Waals surface area contributed by atoms with Crippen LogP contribution in [0.1, 0.15) is 20.3 Å². The molecule has 1 saturated heterocycles. The van der Waals surface area contributed by atoms with E-state index in [0.717, 1.165) is 19.6 Å². The van der Waals surface area contributed by atoms with Crippen LogP contribution in [-0.4, -0.2) is 69.1 Å². The number of carbonyl (C=O) groups is 1. The van der Waals surface area contributed by atoms with Crippen LogP contribution in [-0.2, 0) is 14.8 Å². The summed E-state index contributed by atoms with van der Waals surface area (Å²) < 4.78 is 24.2. The molecule has 1 fully saturated rings. The summed E-state index contributed by atoms with van der Waals surface area (Å²) in [5.41, 5.74) is 0. The SMILES string of the molecule is CC(C)CC(=O)NCCN1CCN(S(C)(=O)=O)CC1. The van der Waals surface area contributed by atoms with E-state index in [-0.39, 0.29) is 5.91 Å². The Morgan fingerprint density at radius 1 is 1.21 bits per heavy atom. The summed E-state index contributed by atoms with van der Waals surface area (Å²) in [5, 5.41) is 2.89. The summed E-state index contributed by atoms with van der Waals surface area (Å²) in [5.74, 6) is 0.461. The number of sulfonamides is 1. The normalized spacial score (nSPS) is 18.7. The number of piperazine rings is 1. The van der Waals surface area contributed by atoms with E-state index >= 15 is 0 Å². The van der Waals surface area contributed by atoms with Crippen molar-refractivity contribution in [2.75, 3.05) is 45.5 Å². The Balaban J connectivity index is 2.18. The predicted octanol–water partition coefficient (Wildman–Crippen LogP) is -0.274. The van der Waals surface area contributed by atoms with E-state index in [1.807, 2.05) is 13.8 Å². The third-order valence-electron chi connectivity index (χ3n) is 3.14. The average Bonchev–Trinajstić information content (AvgIpc) is 2.27. The van der Waals surface area contributed by atoms with Gasteiger partial charge in [-0.25, -0.2) is 8.42 Å². The van der Waals surface area contributed by atoms with Crippen LogP contribution in [0.4, 0.5) is 0 Å². The van der Waals surface area contributed by atoms with Crippen molar-refractivity contribution in [2.45, 2.75) is 20.3 Å². The first kappa shape index (κ1) is 16.4. The van der Waals surface area contributed by atoms with Gasteiger partial charge in [0.05, 0.1) is 6.26 Å². The lowest BCUT2D eigenvalue weighted by Crippen LogP contribution is -2.49. The summed E-state index contributed by atoms with van der Waals surface area (Å²) in [7, 11) is -3.06. The van der Waals surface area contributed by atoms with Crippen molar-refractivity contribution in [3.8, 4) is 0 Å². The molecule has 1 heterocycles. The first-order valence-electron chi connectivity index (χ1n) is 6.73. The standard InChI is InChI=1S/C12H25N3O3S/c1-11(2)10-12(16)13-4-5-14-6-8-15(9-7-14)19(3,17)18/h11H,4-10H2,1-3H3,(H,13,16). The first-order valence-corrected chi connectivity index (χ1v) is 8.58. The highest BCUT2D eigenvalue weighted by atomic mass is 32.2. The van der Waals surface area contributed by atoms with Crippen LogP contribution < -0.4 is 5.32 Å². The van der Waals surface area contributed by atoms with Crippen LogP contribution in [0.3, 0.4) is 0 Å². The molecule has 7 heteroatoms. The van der Waals surface area contributed by atoms with Crippen molar-refractivity contribution in [1.29, 1.82) is 0 Å². The highest BCUT2D eigenvalue weighted by Gasteiger charge is 2.22. The Bertz CT molecular complexity index is 387. The number of nitrogens with one attached hydrogen (secondary N) is 1. The highest BCUT2D eigenvalue weighted by Crippen LogP contribution is 2.05. The molecule has 1 rings (SSSR count). The third-order valence-corrected chi connectivity index (χ3v) is 4.45. The zero-order chi connectivity index (χ0) is 14.5. The summed E-state index contributed by atoms with van der Waals surface area (Å²) in [6.07, 6.45) is 1.80. The Morgan fingerprint density at radius 2 is 1.79 bits per heavy atom. The van der Waals surface area contributed by atoms with Crippen molar-refractivity contribution >= 4 is 15.9 Å². The molecule has 0 saturated carbocycles. The Morgan fingerprint density at radius 3 is 2.26 bits per heavy atom. The summed E-state index contributed by atoms with van der Waals surface area (Å²) >= 11 is 0. The van der Waals surface area contributed by atoms with Crippen LogP contribution in [0.15, 0.2) is 0 Å². The lowest BCUT2D eigenvalue weighted by atomic mass is 10.1. The fourth-order valence-corrected chi connectivity index (χ4v) is 2.91. The fourth-order valence-electron chi connectivity index (χ4n) is 2.08. The van der Waals surface area contributed by atoms with Gasteiger partial charge in [0.25, 0.3) is 0 Å². The van der Waals surface area contributed by atoms with Crippen LogP contribution in [0.25, 0.3) is 0 Å². The molecule has 19 heavy (non-hydrogen) atoms. The van der Waals surface area contributed by atoms with Gasteiger partial charge in [-0.1, -0.05) is 13.8 Å². The van der Waals surface area contributed by atoms with Crippen LogP contribution in [0, 0.1) is 5.92 Å². The molecule has 0 aliphatic carbocycles. The molecule has 0 unspecified atom stereocenters. The zero-order valence-electron chi connectivity index (χ0n) is 12.1. The van der Waals surface area contributed by atoms with Gasteiger partial charge in [-0.2, -0.15) is 4.31 Å². The lowest BCUT2D eigenvalue weighted by molar-refractivity contribution is -0.121. The second kappa shape index (κ2) is 7.21. The maximum atomic E-state index is 11.5. The number of amides is 1. The quantitative estimate of drug-likeness (QED) is 0.731. The molecule has 0 atom stereocenters. The van der Waals surface area contributed by atoms with Gasteiger partial charge in [-0.05, 0) is 5.92 Å². The van der Waals surface area contributed by atoms with Crippen molar-refractivity contribution < 1.29 is 13.2 Å². The molecule has 1 amide bonds. The number of carbonyl (C=O) groups excluding carboxylic acids is 1. The molecule has 1 aliphatic rings. The van der Waals surface area contributed by atoms with Gasteiger partial charge in [-0.15, -0.1) is 0 Å². The van der Waals surface area contributed by atoms with E-state index in [9.17, 15) is 13.2 Å². The van der Waals surface area contributed by atoms with Crippen LogP contribution in [0.2, 0.25) is 0 Å². The largest absolute Gasteiger partial charge is 0.355 e. The topological polar surface area (TPSA) is 69.7 Å². The fraction of sp³-hybridized carbons (Fsp3) is 0.917. The molecule has 0 spiro atoms. The van der Waals surface area contributed by atoms with E-state index in [1.54, 1.807) is 0 Å². The molecular weight excluding hydrogens is 266 g/mol. The minimum absolute atomic E-state index is 0.0878. The smallest absolute Gasteiger partial charge is 0.220 e. The van der Waals surface area contributed by atoms with Gasteiger partial charge >= 0.3 is 0 Å². The highest BCUT2D eigenvalue weighted by molar-refractivity contribution is 7.88. The molecule has 0 bridgehead atoms. The summed E-state index contributed by atoms with van der Waals surface area (Å²) in [6.45, 7) is 7.98. The minimum atomic E-state index is -3.06. The third kappa shape index (κ3) is 6.35. The summed E-state index contributed by atoms with van der Waals surface area (Å²) in [6, 6.07) is 0. The molecular formula is C12H25N3O3S. The molecule has 112 valence electrons. The Labute approximate surface area is 116 Å². The lowest BCUT2D eigenvalue weighted by Gasteiger charge is -2.33. The number of rotatable bonds is 6. The number of hydrogen-bond acceptors (Lipinski definition) is 4. The van der Waals surface area contributed by atoms with Crippen LogP contribution in [0.5, 0.6) is 0 Å². The average molecular weight is 291 g/mol. The molecule has 0 aromatic carbocycles. The van der Waals surface area contributed by atoms with E-state index in [4.69, 9.17) is 0 Å². The number of hydrogen-bond donors (Lipinski definition) is 1. The summed E-state index contributed by atoms with van der Waals surface area (Å²) in [4.78, 5) is 13.6. The van der Waals surface area contributed by atoms with Gasteiger partial charge in [-0.3, -0.25) is 9.69 Å². The molecule has 0 aromatic rings. The Kier molecular flexibility index (Phi) is 6.22. The van der Waals surface area contributed by atoms with E-state index in [0.29, 0.717) is 32.0 Å². The maximum absolute atomic E-state index is 11.5. The van der Waals surface area contributed by atoms with Gasteiger partial charge in [0.2, 0.25) is 15.9 Å². The maximum Gasteiger partial charge on any atom is 0.220 e. The second-order valence-corrected chi connectivity index (χ2v) is 7.43. The molecule has 1 N–H and O–H groups in total. The van der Waals surface area contributed by atoms with Crippen molar-refractivity contribution in [3.63, 3.8) is 0 Å². The van der Waals surface area contributed by atoms with E-state index in [1.165, 1.54) is 10.6 Å². The number of nitrogens with zero attached hydrogens (tertiary/aromatic N) is 2. The van der Waals surface area contributed by atoms with Crippen molar-refractivity contribution in [2.24, 2.45) is 5.92 Å². The van der Waals surface area contributed by atoms with Gasteiger partial charge in [0.15, 0.2) is 0 Å². The monoisotopic (exact) mass is 291 g/mol.